The van der Waals surface area contributed by atoms with E-state index in [1.54, 1.807) is 23.5 Å². The van der Waals surface area contributed by atoms with E-state index in [1.165, 1.54) is 5.56 Å². The summed E-state index contributed by atoms with van der Waals surface area (Å²) in [5, 5.41) is 21.5. The lowest BCUT2D eigenvalue weighted by Crippen LogP contribution is -2.08. The van der Waals surface area contributed by atoms with Crippen LogP contribution in [0.2, 0.25) is 0 Å². The maximum Gasteiger partial charge on any atom is 0.315 e. The Morgan fingerprint density at radius 2 is 2.00 bits per heavy atom. The van der Waals surface area contributed by atoms with Crippen LogP contribution in [-0.4, -0.2) is 18.0 Å². The van der Waals surface area contributed by atoms with Gasteiger partial charge >= 0.3 is 5.69 Å². The molecular formula is C14H17N3O2S. The van der Waals surface area contributed by atoms with Crippen molar-refractivity contribution >= 4 is 28.4 Å². The minimum atomic E-state index is -0.342. The zero-order valence-electron chi connectivity index (χ0n) is 11.3. The van der Waals surface area contributed by atoms with Gasteiger partial charge in [0.15, 0.2) is 0 Å². The number of rotatable bonds is 7. The van der Waals surface area contributed by atoms with Crippen LogP contribution in [0.4, 0.5) is 17.1 Å². The van der Waals surface area contributed by atoms with E-state index in [0.717, 1.165) is 6.42 Å². The summed E-state index contributed by atoms with van der Waals surface area (Å²) in [6.45, 7) is 3.24. The smallest absolute Gasteiger partial charge is 0.315 e. The van der Waals surface area contributed by atoms with Gasteiger partial charge in [0.1, 0.15) is 11.4 Å². The standard InChI is InChI=1S/C14H17N3O2S/c1-2-15-12-4-3-5-13(14(12)17(18)19)16-8-6-11-7-9-20-10-11/h3-5,7,9-10,15-16H,2,6,8H2,1H3. The van der Waals surface area contributed by atoms with Crippen LogP contribution in [0.15, 0.2) is 35.0 Å². The molecule has 0 bridgehead atoms. The molecule has 5 nitrogen and oxygen atoms in total. The second-order valence-electron chi connectivity index (χ2n) is 4.30. The molecular weight excluding hydrogens is 274 g/mol. The van der Waals surface area contributed by atoms with E-state index >= 15 is 0 Å². The van der Waals surface area contributed by atoms with Crippen LogP contribution < -0.4 is 10.6 Å². The lowest BCUT2D eigenvalue weighted by Gasteiger charge is -2.10. The molecule has 1 aromatic carbocycles. The van der Waals surface area contributed by atoms with Crippen molar-refractivity contribution in [2.75, 3.05) is 23.7 Å². The van der Waals surface area contributed by atoms with Gasteiger partial charge in [0, 0.05) is 13.1 Å². The maximum absolute atomic E-state index is 11.2. The molecule has 0 atom stereocenters. The van der Waals surface area contributed by atoms with Crippen molar-refractivity contribution < 1.29 is 4.92 Å². The Bertz CT molecular complexity index is 570. The van der Waals surface area contributed by atoms with Gasteiger partial charge in [0.2, 0.25) is 0 Å². The predicted octanol–water partition coefficient (Wildman–Crippen LogP) is 3.74. The molecule has 2 rings (SSSR count). The van der Waals surface area contributed by atoms with E-state index < -0.39 is 0 Å². The zero-order valence-corrected chi connectivity index (χ0v) is 12.1. The van der Waals surface area contributed by atoms with Crippen molar-refractivity contribution in [1.82, 2.24) is 0 Å². The maximum atomic E-state index is 11.2. The Morgan fingerprint density at radius 3 is 2.60 bits per heavy atom. The first-order valence-corrected chi connectivity index (χ1v) is 7.43. The van der Waals surface area contributed by atoms with Crippen LogP contribution in [0.5, 0.6) is 0 Å². The van der Waals surface area contributed by atoms with E-state index in [2.05, 4.69) is 22.1 Å². The fourth-order valence-corrected chi connectivity index (χ4v) is 2.70. The molecule has 0 radical (unpaired) electrons. The molecule has 0 spiro atoms. The molecule has 6 heteroatoms. The second kappa shape index (κ2) is 6.91. The highest BCUT2D eigenvalue weighted by atomic mass is 32.1. The van der Waals surface area contributed by atoms with Crippen LogP contribution in [0.3, 0.4) is 0 Å². The molecule has 0 aliphatic rings. The molecule has 0 saturated carbocycles. The number of nitrogens with one attached hydrogen (secondary N) is 2. The Hall–Kier alpha value is -2.08. The fraction of sp³-hybridized carbons (Fsp3) is 0.286. The van der Waals surface area contributed by atoms with Gasteiger partial charge in [-0.25, -0.2) is 0 Å². The van der Waals surface area contributed by atoms with Gasteiger partial charge in [-0.1, -0.05) is 6.07 Å². The van der Waals surface area contributed by atoms with Crippen molar-refractivity contribution in [1.29, 1.82) is 0 Å². The molecule has 0 aliphatic carbocycles. The minimum Gasteiger partial charge on any atom is -0.380 e. The number of anilines is 2. The third-order valence-corrected chi connectivity index (χ3v) is 3.63. The van der Waals surface area contributed by atoms with Gasteiger partial charge in [-0.15, -0.1) is 0 Å². The summed E-state index contributed by atoms with van der Waals surface area (Å²) in [7, 11) is 0. The summed E-state index contributed by atoms with van der Waals surface area (Å²) in [5.74, 6) is 0. The van der Waals surface area contributed by atoms with Crippen molar-refractivity contribution in [2.24, 2.45) is 0 Å². The average Bonchev–Trinajstić information content (AvgIpc) is 2.92. The first kappa shape index (κ1) is 14.3. The van der Waals surface area contributed by atoms with E-state index in [4.69, 9.17) is 0 Å². The number of para-hydroxylation sites is 1. The fourth-order valence-electron chi connectivity index (χ4n) is 1.99. The number of hydrogen-bond acceptors (Lipinski definition) is 5. The molecule has 1 heterocycles. The topological polar surface area (TPSA) is 67.2 Å². The van der Waals surface area contributed by atoms with Crippen molar-refractivity contribution in [3.05, 3.63) is 50.7 Å². The summed E-state index contributed by atoms with van der Waals surface area (Å²) in [6.07, 6.45) is 0.853. The molecule has 2 N–H and O–H groups in total. The lowest BCUT2D eigenvalue weighted by atomic mass is 10.2. The number of hydrogen-bond donors (Lipinski definition) is 2. The number of nitrogens with zero attached hydrogens (tertiary/aromatic N) is 1. The van der Waals surface area contributed by atoms with E-state index in [0.29, 0.717) is 24.5 Å². The largest absolute Gasteiger partial charge is 0.380 e. The van der Waals surface area contributed by atoms with Gasteiger partial charge in [-0.05, 0) is 47.9 Å². The van der Waals surface area contributed by atoms with E-state index in [1.807, 2.05) is 18.4 Å². The first-order chi connectivity index (χ1) is 9.72. The Labute approximate surface area is 121 Å². The van der Waals surface area contributed by atoms with Gasteiger partial charge in [0.25, 0.3) is 0 Å². The van der Waals surface area contributed by atoms with Crippen LogP contribution in [0, 0.1) is 10.1 Å². The molecule has 2 aromatic rings. The van der Waals surface area contributed by atoms with Gasteiger partial charge in [-0.2, -0.15) is 11.3 Å². The molecule has 0 amide bonds. The van der Waals surface area contributed by atoms with E-state index in [9.17, 15) is 10.1 Å². The van der Waals surface area contributed by atoms with Gasteiger partial charge in [-0.3, -0.25) is 10.1 Å². The summed E-state index contributed by atoms with van der Waals surface area (Å²) in [4.78, 5) is 10.9. The average molecular weight is 291 g/mol. The van der Waals surface area contributed by atoms with Crippen LogP contribution in [-0.2, 0) is 6.42 Å². The highest BCUT2D eigenvalue weighted by Gasteiger charge is 2.18. The van der Waals surface area contributed by atoms with Gasteiger partial charge in [0.05, 0.1) is 4.92 Å². The van der Waals surface area contributed by atoms with Gasteiger partial charge < -0.3 is 10.6 Å². The van der Waals surface area contributed by atoms with Crippen LogP contribution >= 0.6 is 11.3 Å². The number of thiophene rings is 1. The summed E-state index contributed by atoms with van der Waals surface area (Å²) in [5.41, 5.74) is 2.47. The molecule has 20 heavy (non-hydrogen) atoms. The molecule has 0 saturated heterocycles. The van der Waals surface area contributed by atoms with Crippen molar-refractivity contribution in [3.8, 4) is 0 Å². The van der Waals surface area contributed by atoms with E-state index in [-0.39, 0.29) is 10.6 Å². The number of benzene rings is 1. The summed E-state index contributed by atoms with van der Waals surface area (Å²) >= 11 is 1.66. The highest BCUT2D eigenvalue weighted by Crippen LogP contribution is 2.32. The number of nitro groups is 1. The highest BCUT2D eigenvalue weighted by molar-refractivity contribution is 7.07. The molecule has 106 valence electrons. The normalized spacial score (nSPS) is 10.2. The SMILES string of the molecule is CCNc1cccc(NCCc2ccsc2)c1[N+](=O)[O-]. The minimum absolute atomic E-state index is 0.111. The Balaban J connectivity index is 2.09. The molecule has 0 unspecified atom stereocenters. The first-order valence-electron chi connectivity index (χ1n) is 6.48. The Morgan fingerprint density at radius 1 is 1.25 bits per heavy atom. The molecule has 1 aromatic heterocycles. The van der Waals surface area contributed by atoms with Crippen LogP contribution in [0.25, 0.3) is 0 Å². The van der Waals surface area contributed by atoms with Crippen molar-refractivity contribution in [2.45, 2.75) is 13.3 Å². The third kappa shape index (κ3) is 3.48. The molecule has 0 aliphatic heterocycles. The Kier molecular flexibility index (Phi) is 4.95. The van der Waals surface area contributed by atoms with Crippen molar-refractivity contribution in [3.63, 3.8) is 0 Å². The number of nitro benzene ring substituents is 1. The summed E-state index contributed by atoms with van der Waals surface area (Å²) < 4.78 is 0. The van der Waals surface area contributed by atoms with Crippen LogP contribution in [0.1, 0.15) is 12.5 Å². The lowest BCUT2D eigenvalue weighted by molar-refractivity contribution is -0.383. The predicted molar refractivity (Wildman–Crippen MR) is 83.8 cm³/mol. The molecule has 0 fully saturated rings. The monoisotopic (exact) mass is 291 g/mol. The quantitative estimate of drug-likeness (QED) is 0.602. The summed E-state index contributed by atoms with van der Waals surface area (Å²) in [6, 6.07) is 7.35. The third-order valence-electron chi connectivity index (χ3n) is 2.90. The second-order valence-corrected chi connectivity index (χ2v) is 5.08. The zero-order chi connectivity index (χ0) is 14.4.